The monoisotopic (exact) mass is 420 g/mol. The Balaban J connectivity index is 1.67. The average molecular weight is 421 g/mol. The van der Waals surface area contributed by atoms with Crippen LogP contribution in [0.1, 0.15) is 17.2 Å². The highest BCUT2D eigenvalue weighted by Crippen LogP contribution is 2.33. The quantitative estimate of drug-likeness (QED) is 0.371. The molecule has 2 aromatic heterocycles. The fraction of sp³-hybridized carbons (Fsp3) is 0.0455. The van der Waals surface area contributed by atoms with E-state index in [1.54, 1.807) is 10.8 Å². The van der Waals surface area contributed by atoms with Crippen LogP contribution in [-0.2, 0) is 0 Å². The van der Waals surface area contributed by atoms with Gasteiger partial charge in [-0.3, -0.25) is 0 Å². The molecule has 7 heteroatoms. The number of rotatable bonds is 4. The van der Waals surface area contributed by atoms with E-state index in [0.717, 1.165) is 21.9 Å². The SMILES string of the molecule is Clc1ccc(C(Oc2nn3cnnc3c3ccccc23)c2ccc(Cl)cc2)cc1. The maximum atomic E-state index is 6.48. The fourth-order valence-corrected chi connectivity index (χ4v) is 3.55. The van der Waals surface area contributed by atoms with E-state index < -0.39 is 6.10 Å². The first kappa shape index (κ1) is 17.9. The third-order valence-corrected chi connectivity index (χ3v) is 5.21. The lowest BCUT2D eigenvalue weighted by Gasteiger charge is -2.20. The van der Waals surface area contributed by atoms with Gasteiger partial charge in [0.1, 0.15) is 6.33 Å². The van der Waals surface area contributed by atoms with Gasteiger partial charge in [0.15, 0.2) is 11.8 Å². The molecule has 0 aliphatic rings. The molecule has 2 heterocycles. The lowest BCUT2D eigenvalue weighted by molar-refractivity contribution is 0.237. The number of fused-ring (bicyclic) bond motifs is 3. The van der Waals surface area contributed by atoms with E-state index in [9.17, 15) is 0 Å². The number of hydrogen-bond donors (Lipinski definition) is 0. The topological polar surface area (TPSA) is 52.3 Å². The fourth-order valence-electron chi connectivity index (χ4n) is 3.30. The van der Waals surface area contributed by atoms with Gasteiger partial charge in [-0.15, -0.1) is 15.3 Å². The van der Waals surface area contributed by atoms with Crippen molar-refractivity contribution in [1.82, 2.24) is 19.8 Å². The molecule has 5 rings (SSSR count). The van der Waals surface area contributed by atoms with Crippen LogP contribution in [0.25, 0.3) is 16.4 Å². The molecule has 29 heavy (non-hydrogen) atoms. The van der Waals surface area contributed by atoms with Crippen LogP contribution in [0.3, 0.4) is 0 Å². The normalized spacial score (nSPS) is 11.4. The predicted molar refractivity (Wildman–Crippen MR) is 114 cm³/mol. The average Bonchev–Trinajstić information content (AvgIpc) is 3.22. The van der Waals surface area contributed by atoms with E-state index in [4.69, 9.17) is 27.9 Å². The van der Waals surface area contributed by atoms with Gasteiger partial charge in [-0.1, -0.05) is 65.7 Å². The molecular weight excluding hydrogens is 407 g/mol. The van der Waals surface area contributed by atoms with Gasteiger partial charge in [0.25, 0.3) is 0 Å². The van der Waals surface area contributed by atoms with Crippen LogP contribution in [0.2, 0.25) is 10.0 Å². The number of benzene rings is 3. The maximum Gasteiger partial charge on any atom is 0.240 e. The minimum absolute atomic E-state index is 0.394. The third kappa shape index (κ3) is 3.39. The molecule has 0 radical (unpaired) electrons. The molecule has 0 fully saturated rings. The van der Waals surface area contributed by atoms with Gasteiger partial charge in [-0.2, -0.15) is 4.52 Å². The van der Waals surface area contributed by atoms with Gasteiger partial charge in [-0.25, -0.2) is 0 Å². The molecule has 0 unspecified atom stereocenters. The van der Waals surface area contributed by atoms with E-state index in [2.05, 4.69) is 15.3 Å². The number of halogens is 2. The molecule has 0 aliphatic carbocycles. The highest BCUT2D eigenvalue weighted by Gasteiger charge is 2.20. The minimum Gasteiger partial charge on any atom is -0.463 e. The maximum absolute atomic E-state index is 6.48. The lowest BCUT2D eigenvalue weighted by Crippen LogP contribution is -2.11. The molecule has 5 aromatic rings. The van der Waals surface area contributed by atoms with Gasteiger partial charge in [0.2, 0.25) is 5.88 Å². The summed E-state index contributed by atoms with van der Waals surface area (Å²) in [7, 11) is 0. The van der Waals surface area contributed by atoms with Crippen LogP contribution in [-0.4, -0.2) is 19.8 Å². The zero-order valence-corrected chi connectivity index (χ0v) is 16.5. The summed E-state index contributed by atoms with van der Waals surface area (Å²) in [5.74, 6) is 0.489. The number of nitrogens with zero attached hydrogens (tertiary/aromatic N) is 4. The van der Waals surface area contributed by atoms with Crippen molar-refractivity contribution in [1.29, 1.82) is 0 Å². The van der Waals surface area contributed by atoms with Crippen LogP contribution >= 0.6 is 23.2 Å². The van der Waals surface area contributed by atoms with Crippen LogP contribution in [0.4, 0.5) is 0 Å². The van der Waals surface area contributed by atoms with E-state index in [0.29, 0.717) is 21.6 Å². The van der Waals surface area contributed by atoms with Crippen molar-refractivity contribution in [2.45, 2.75) is 6.10 Å². The van der Waals surface area contributed by atoms with Gasteiger partial charge in [0, 0.05) is 20.8 Å². The highest BCUT2D eigenvalue weighted by atomic mass is 35.5. The molecule has 0 atom stereocenters. The Kier molecular flexibility index (Phi) is 4.54. The molecule has 0 spiro atoms. The molecule has 0 aliphatic heterocycles. The van der Waals surface area contributed by atoms with E-state index in [1.165, 1.54) is 0 Å². The van der Waals surface area contributed by atoms with Gasteiger partial charge in [-0.05, 0) is 41.5 Å². The summed E-state index contributed by atoms with van der Waals surface area (Å²) >= 11 is 12.2. The summed E-state index contributed by atoms with van der Waals surface area (Å²) < 4.78 is 8.11. The number of hydrogen-bond acceptors (Lipinski definition) is 4. The van der Waals surface area contributed by atoms with Crippen molar-refractivity contribution in [3.05, 3.63) is 100 Å². The first-order valence-electron chi connectivity index (χ1n) is 8.95. The van der Waals surface area contributed by atoms with Crippen LogP contribution in [0, 0.1) is 0 Å². The van der Waals surface area contributed by atoms with Gasteiger partial charge >= 0.3 is 0 Å². The van der Waals surface area contributed by atoms with Gasteiger partial charge < -0.3 is 4.74 Å². The Labute approximate surface area is 176 Å². The van der Waals surface area contributed by atoms with Crippen molar-refractivity contribution in [2.75, 3.05) is 0 Å². The Morgan fingerprint density at radius 2 is 1.34 bits per heavy atom. The van der Waals surface area contributed by atoms with Crippen LogP contribution < -0.4 is 4.74 Å². The summed E-state index contributed by atoms with van der Waals surface area (Å²) in [6.07, 6.45) is 1.17. The summed E-state index contributed by atoms with van der Waals surface area (Å²) in [4.78, 5) is 0. The molecule has 3 aromatic carbocycles. The molecule has 0 saturated heterocycles. The largest absolute Gasteiger partial charge is 0.463 e. The molecule has 0 bridgehead atoms. The Hall–Kier alpha value is -3.15. The number of ether oxygens (including phenoxy) is 1. The van der Waals surface area contributed by atoms with E-state index in [1.807, 2.05) is 72.8 Å². The third-order valence-electron chi connectivity index (χ3n) is 4.70. The molecule has 0 N–H and O–H groups in total. The number of aromatic nitrogens is 4. The molecule has 5 nitrogen and oxygen atoms in total. The molecule has 0 amide bonds. The second-order valence-corrected chi connectivity index (χ2v) is 7.42. The zero-order chi connectivity index (χ0) is 19.8. The summed E-state index contributed by atoms with van der Waals surface area (Å²) in [6.45, 7) is 0. The highest BCUT2D eigenvalue weighted by molar-refractivity contribution is 6.30. The zero-order valence-electron chi connectivity index (χ0n) is 15.0. The lowest BCUT2D eigenvalue weighted by atomic mass is 10.0. The first-order chi connectivity index (χ1) is 14.2. The molecule has 142 valence electrons. The van der Waals surface area contributed by atoms with Crippen molar-refractivity contribution < 1.29 is 4.74 Å². The van der Waals surface area contributed by atoms with E-state index >= 15 is 0 Å². The summed E-state index contributed by atoms with van der Waals surface area (Å²) in [5, 5.41) is 15.9. The molecular formula is C22H14Cl2N4O. The first-order valence-corrected chi connectivity index (χ1v) is 9.71. The van der Waals surface area contributed by atoms with Gasteiger partial charge in [0.05, 0.1) is 0 Å². The standard InChI is InChI=1S/C22H14Cl2N4O/c23-16-9-5-14(6-10-16)20(15-7-11-17(24)12-8-15)29-22-19-4-2-1-3-18(19)21-26-25-13-28(21)27-22/h1-13,20H. The second kappa shape index (κ2) is 7.35. The smallest absolute Gasteiger partial charge is 0.240 e. The predicted octanol–water partition coefficient (Wildman–Crippen LogP) is 5.75. The Morgan fingerprint density at radius 1 is 0.759 bits per heavy atom. The van der Waals surface area contributed by atoms with Crippen molar-refractivity contribution >= 4 is 39.6 Å². The minimum atomic E-state index is -0.394. The Bertz CT molecular complexity index is 1250. The molecule has 0 saturated carbocycles. The van der Waals surface area contributed by atoms with Crippen molar-refractivity contribution in [3.63, 3.8) is 0 Å². The van der Waals surface area contributed by atoms with Crippen LogP contribution in [0.5, 0.6) is 5.88 Å². The van der Waals surface area contributed by atoms with Crippen molar-refractivity contribution in [2.24, 2.45) is 0 Å². The van der Waals surface area contributed by atoms with E-state index in [-0.39, 0.29) is 0 Å². The van der Waals surface area contributed by atoms with Crippen molar-refractivity contribution in [3.8, 4) is 5.88 Å². The second-order valence-electron chi connectivity index (χ2n) is 6.55. The summed E-state index contributed by atoms with van der Waals surface area (Å²) in [5.41, 5.74) is 2.58. The summed E-state index contributed by atoms with van der Waals surface area (Å²) in [6, 6.07) is 23.0. The Morgan fingerprint density at radius 3 is 1.97 bits per heavy atom. The van der Waals surface area contributed by atoms with Crippen LogP contribution in [0.15, 0.2) is 79.1 Å².